The summed E-state index contributed by atoms with van der Waals surface area (Å²) >= 11 is 0. The maximum Gasteiger partial charge on any atom is 0.220 e. The first-order chi connectivity index (χ1) is 12.1. The fraction of sp³-hybridized carbons (Fsp3) is 0.389. The van der Waals surface area contributed by atoms with Gasteiger partial charge >= 0.3 is 0 Å². The van der Waals surface area contributed by atoms with Crippen molar-refractivity contribution in [3.8, 4) is 23.7 Å². The largest absolute Gasteiger partial charge is 0.349 e. The Labute approximate surface area is 146 Å². The summed E-state index contributed by atoms with van der Waals surface area (Å²) in [5, 5.41) is 19.3. The predicted octanol–water partition coefficient (Wildman–Crippen LogP) is 2.45. The molecule has 0 atom stereocenters. The van der Waals surface area contributed by atoms with Gasteiger partial charge in [-0.15, -0.1) is 22.5 Å². The van der Waals surface area contributed by atoms with Crippen molar-refractivity contribution in [2.24, 2.45) is 17.3 Å². The second-order valence-corrected chi connectivity index (χ2v) is 6.03. The number of terminal acetylenes is 1. The van der Waals surface area contributed by atoms with Gasteiger partial charge in [-0.25, -0.2) is 0 Å². The number of amides is 1. The third-order valence-electron chi connectivity index (χ3n) is 4.25. The third-order valence-corrected chi connectivity index (χ3v) is 4.25. The average Bonchev–Trinajstić information content (AvgIpc) is 3.32. The molecule has 1 N–H and O–H groups in total. The number of carbonyl (C=O) groups excluding carboxylic acids is 1. The molecule has 7 nitrogen and oxygen atoms in total. The zero-order valence-electron chi connectivity index (χ0n) is 14.1. The Morgan fingerprint density at radius 3 is 2.68 bits per heavy atom. The molecule has 25 heavy (non-hydrogen) atoms. The van der Waals surface area contributed by atoms with Gasteiger partial charge in [0.2, 0.25) is 5.91 Å². The lowest BCUT2D eigenvalue weighted by atomic mass is 10.0. The molecule has 0 radical (unpaired) electrons. The minimum atomic E-state index is -0.422. The van der Waals surface area contributed by atoms with Crippen LogP contribution in [0.4, 0.5) is 0 Å². The molecule has 3 rings (SSSR count). The summed E-state index contributed by atoms with van der Waals surface area (Å²) in [6.07, 6.45) is 7.55. The van der Waals surface area contributed by atoms with Crippen molar-refractivity contribution in [2.45, 2.75) is 37.9 Å². The third kappa shape index (κ3) is 4.10. The van der Waals surface area contributed by atoms with Crippen LogP contribution in [0, 0.1) is 12.3 Å². The molecule has 1 aromatic heterocycles. The molecule has 0 saturated carbocycles. The summed E-state index contributed by atoms with van der Waals surface area (Å²) in [7, 11) is 1.89. The molecule has 1 amide bonds. The van der Waals surface area contributed by atoms with Gasteiger partial charge in [-0.1, -0.05) is 30.3 Å². The molecule has 0 fully saturated rings. The molecule has 7 heteroatoms. The van der Waals surface area contributed by atoms with Crippen LogP contribution in [-0.2, 0) is 18.4 Å². The van der Waals surface area contributed by atoms with E-state index in [0.717, 1.165) is 11.4 Å². The molecule has 0 bridgehead atoms. The van der Waals surface area contributed by atoms with Gasteiger partial charge in [0.05, 0.1) is 6.54 Å². The van der Waals surface area contributed by atoms with E-state index in [1.54, 1.807) is 0 Å². The zero-order valence-corrected chi connectivity index (χ0v) is 14.1. The van der Waals surface area contributed by atoms with Gasteiger partial charge in [0, 0.05) is 38.3 Å². The normalized spacial score (nSPS) is 14.1. The SMILES string of the molecule is C#CCCC1(CCC(=O)NCc2nnc(-c3ccccc3)n2C)N=N1. The molecule has 1 aliphatic rings. The molecular weight excluding hydrogens is 316 g/mol. The quantitative estimate of drug-likeness (QED) is 0.752. The van der Waals surface area contributed by atoms with Crippen LogP contribution in [0.3, 0.4) is 0 Å². The van der Waals surface area contributed by atoms with Gasteiger partial charge in [-0.3, -0.25) is 4.79 Å². The highest BCUT2D eigenvalue weighted by atomic mass is 16.1. The van der Waals surface area contributed by atoms with Crippen LogP contribution in [0.1, 0.15) is 31.5 Å². The van der Waals surface area contributed by atoms with Crippen molar-refractivity contribution in [3.63, 3.8) is 0 Å². The summed E-state index contributed by atoms with van der Waals surface area (Å²) in [6, 6.07) is 9.82. The summed E-state index contributed by atoms with van der Waals surface area (Å²) in [4.78, 5) is 12.1. The first-order valence-electron chi connectivity index (χ1n) is 8.21. The lowest BCUT2D eigenvalue weighted by Gasteiger charge is -2.09. The number of nitrogens with zero attached hydrogens (tertiary/aromatic N) is 5. The van der Waals surface area contributed by atoms with Crippen molar-refractivity contribution in [1.82, 2.24) is 20.1 Å². The monoisotopic (exact) mass is 336 g/mol. The predicted molar refractivity (Wildman–Crippen MR) is 93.2 cm³/mol. The number of rotatable bonds is 8. The molecule has 1 aliphatic heterocycles. The first-order valence-corrected chi connectivity index (χ1v) is 8.21. The molecule has 0 aliphatic carbocycles. The summed E-state index contributed by atoms with van der Waals surface area (Å²) in [5.74, 6) is 4.00. The van der Waals surface area contributed by atoms with E-state index in [1.165, 1.54) is 0 Å². The van der Waals surface area contributed by atoms with E-state index in [0.29, 0.717) is 38.1 Å². The highest BCUT2D eigenvalue weighted by molar-refractivity contribution is 5.75. The van der Waals surface area contributed by atoms with Crippen LogP contribution < -0.4 is 5.32 Å². The molecule has 0 unspecified atom stereocenters. The lowest BCUT2D eigenvalue weighted by molar-refractivity contribution is -0.121. The van der Waals surface area contributed by atoms with Crippen molar-refractivity contribution < 1.29 is 4.79 Å². The van der Waals surface area contributed by atoms with Crippen molar-refractivity contribution in [3.05, 3.63) is 36.2 Å². The number of carbonyl (C=O) groups is 1. The van der Waals surface area contributed by atoms with Gasteiger partial charge in [0.25, 0.3) is 0 Å². The number of hydrogen-bond donors (Lipinski definition) is 1. The van der Waals surface area contributed by atoms with Crippen LogP contribution in [0.25, 0.3) is 11.4 Å². The first kappa shape index (κ1) is 16.8. The van der Waals surface area contributed by atoms with Crippen LogP contribution in [0.5, 0.6) is 0 Å². The Hall–Kier alpha value is -3.01. The summed E-state index contributed by atoms with van der Waals surface area (Å²) < 4.78 is 1.88. The molecule has 2 heterocycles. The number of aromatic nitrogens is 3. The van der Waals surface area contributed by atoms with Gasteiger partial charge in [-0.05, 0) is 0 Å². The molecule has 0 spiro atoms. The summed E-state index contributed by atoms with van der Waals surface area (Å²) in [6.45, 7) is 0.334. The highest BCUT2D eigenvalue weighted by Crippen LogP contribution is 2.37. The fourth-order valence-electron chi connectivity index (χ4n) is 2.60. The molecule has 2 aromatic rings. The Kier molecular flexibility index (Phi) is 4.89. The van der Waals surface area contributed by atoms with Crippen molar-refractivity contribution in [2.75, 3.05) is 0 Å². The van der Waals surface area contributed by atoms with E-state index >= 15 is 0 Å². The van der Waals surface area contributed by atoms with Crippen LogP contribution in [0.15, 0.2) is 40.6 Å². The number of nitrogens with one attached hydrogen (secondary N) is 1. The summed E-state index contributed by atoms with van der Waals surface area (Å²) in [5.41, 5.74) is 0.567. The van der Waals surface area contributed by atoms with Gasteiger partial charge in [0.1, 0.15) is 0 Å². The fourth-order valence-corrected chi connectivity index (χ4v) is 2.60. The van der Waals surface area contributed by atoms with Crippen LogP contribution in [-0.4, -0.2) is 26.3 Å². The Morgan fingerprint density at radius 1 is 1.24 bits per heavy atom. The zero-order chi connectivity index (χ0) is 17.7. The Balaban J connectivity index is 1.50. The van der Waals surface area contributed by atoms with Crippen molar-refractivity contribution in [1.29, 1.82) is 0 Å². The van der Waals surface area contributed by atoms with Gasteiger partial charge in [0.15, 0.2) is 17.3 Å². The minimum absolute atomic E-state index is 0.0540. The van der Waals surface area contributed by atoms with Crippen LogP contribution in [0.2, 0.25) is 0 Å². The maximum atomic E-state index is 12.1. The second kappa shape index (κ2) is 7.26. The van der Waals surface area contributed by atoms with Crippen molar-refractivity contribution >= 4 is 5.91 Å². The van der Waals surface area contributed by atoms with E-state index in [4.69, 9.17) is 6.42 Å². The topological polar surface area (TPSA) is 84.5 Å². The second-order valence-electron chi connectivity index (χ2n) is 6.03. The van der Waals surface area contributed by atoms with Gasteiger partial charge in [-0.2, -0.15) is 10.2 Å². The molecule has 0 saturated heterocycles. The maximum absolute atomic E-state index is 12.1. The Morgan fingerprint density at radius 2 is 2.00 bits per heavy atom. The van der Waals surface area contributed by atoms with E-state index in [2.05, 4.69) is 31.7 Å². The number of benzene rings is 1. The van der Waals surface area contributed by atoms with E-state index in [9.17, 15) is 4.79 Å². The molecule has 128 valence electrons. The van der Waals surface area contributed by atoms with E-state index in [-0.39, 0.29) is 5.91 Å². The van der Waals surface area contributed by atoms with Gasteiger partial charge < -0.3 is 9.88 Å². The number of hydrogen-bond acceptors (Lipinski definition) is 5. The average molecular weight is 336 g/mol. The Bertz CT molecular complexity index is 812. The minimum Gasteiger partial charge on any atom is -0.349 e. The standard InChI is InChI=1S/C18H20N6O/c1-3-4-11-18(22-23-18)12-10-16(25)19-13-15-20-21-17(24(15)2)14-8-6-5-7-9-14/h1,5-9H,4,10-13H2,2H3,(H,19,25). The van der Waals surface area contributed by atoms with E-state index < -0.39 is 5.66 Å². The highest BCUT2D eigenvalue weighted by Gasteiger charge is 2.39. The molecular formula is C18H20N6O. The van der Waals surface area contributed by atoms with E-state index in [1.807, 2.05) is 41.9 Å². The molecule has 1 aromatic carbocycles. The smallest absolute Gasteiger partial charge is 0.220 e. The lowest BCUT2D eigenvalue weighted by Crippen LogP contribution is -2.26. The van der Waals surface area contributed by atoms with Crippen LogP contribution >= 0.6 is 0 Å².